The molecule has 2 rings (SSSR count). The first-order chi connectivity index (χ1) is 25.0. The summed E-state index contributed by atoms with van der Waals surface area (Å²) in [5.41, 5.74) is 0.960. The van der Waals surface area contributed by atoms with E-state index in [1.807, 2.05) is 31.2 Å². The van der Waals surface area contributed by atoms with Crippen molar-refractivity contribution < 1.29 is 69.1 Å². The summed E-state index contributed by atoms with van der Waals surface area (Å²) in [6.07, 6.45) is 1.24. The minimum Gasteiger partial charge on any atom is -0.491 e. The molecule has 18 nitrogen and oxygen atoms in total. The van der Waals surface area contributed by atoms with Gasteiger partial charge in [-0.2, -0.15) is 0 Å². The summed E-state index contributed by atoms with van der Waals surface area (Å²) in [6.45, 7) is 1.81. The van der Waals surface area contributed by atoms with Gasteiger partial charge in [0.2, 0.25) is 0 Å². The molecule has 1 heterocycles. The van der Waals surface area contributed by atoms with Crippen LogP contribution in [0.15, 0.2) is 24.3 Å². The molecule has 1 aromatic rings. The van der Waals surface area contributed by atoms with Gasteiger partial charge in [-0.3, -0.25) is 38.8 Å². The molecular formula is C34H56N4O14. The van der Waals surface area contributed by atoms with Crippen LogP contribution < -0.4 is 4.74 Å². The molecule has 52 heavy (non-hydrogen) atoms. The minimum atomic E-state index is -1.38. The predicted molar refractivity (Wildman–Crippen MR) is 185 cm³/mol. The van der Waals surface area contributed by atoms with Crippen molar-refractivity contribution in [1.82, 2.24) is 19.6 Å². The van der Waals surface area contributed by atoms with Crippen molar-refractivity contribution in [1.29, 1.82) is 0 Å². The number of aliphatic hydroxyl groups excluding tert-OH is 3. The zero-order valence-corrected chi connectivity index (χ0v) is 29.8. The first-order valence-electron chi connectivity index (χ1n) is 17.5. The number of carboxylic acids is 4. The molecule has 0 amide bonds. The fraction of sp³-hybridized carbons (Fsp3) is 0.706. The minimum absolute atomic E-state index is 0.0204. The molecular weight excluding hydrogens is 688 g/mol. The Morgan fingerprint density at radius 3 is 1.31 bits per heavy atom. The third-order valence-corrected chi connectivity index (χ3v) is 9.06. The van der Waals surface area contributed by atoms with Crippen molar-refractivity contribution in [2.45, 2.75) is 50.4 Å². The quantitative estimate of drug-likeness (QED) is 0.0627. The lowest BCUT2D eigenvalue weighted by atomic mass is 10.0. The molecule has 296 valence electrons. The summed E-state index contributed by atoms with van der Waals surface area (Å²) < 4.78 is 16.4. The largest absolute Gasteiger partial charge is 0.491 e. The standard InChI is InChI=1S/C34H56N4O14/c1-2-50-18-19-51-20-21-52-26-8-6-25(7-9-26)4-3-5-27(31(42)43)35-10-12-36(28(22-39)32(44)45)14-16-38(30(24-41)34(48)49)17-15-37(13-11-35)29(23-40)33(46)47/h6-9,27-30,39-41H,2-5,10-24H2,1H3,(H,42,43)(H,44,45)(H,46,47)(H,48,49)/t27-,28?,29?,30?/m1/s1. The van der Waals surface area contributed by atoms with E-state index < -0.39 is 67.9 Å². The third-order valence-electron chi connectivity index (χ3n) is 9.06. The smallest absolute Gasteiger partial charge is 0.323 e. The monoisotopic (exact) mass is 744 g/mol. The maximum atomic E-state index is 12.7. The Kier molecular flexibility index (Phi) is 21.2. The van der Waals surface area contributed by atoms with Crippen molar-refractivity contribution in [3.8, 4) is 5.75 Å². The summed E-state index contributed by atoms with van der Waals surface area (Å²) in [5.74, 6) is -4.43. The van der Waals surface area contributed by atoms with Crippen LogP contribution in [0.3, 0.4) is 0 Å². The van der Waals surface area contributed by atoms with Crippen LogP contribution in [-0.4, -0.2) is 209 Å². The number of benzene rings is 1. The average Bonchev–Trinajstić information content (AvgIpc) is 3.10. The highest BCUT2D eigenvalue weighted by Crippen LogP contribution is 2.17. The zero-order chi connectivity index (χ0) is 38.5. The van der Waals surface area contributed by atoms with E-state index in [-0.39, 0.29) is 58.8 Å². The Morgan fingerprint density at radius 2 is 0.942 bits per heavy atom. The molecule has 0 bridgehead atoms. The highest BCUT2D eigenvalue weighted by Gasteiger charge is 2.34. The first-order valence-corrected chi connectivity index (χ1v) is 17.5. The number of carbonyl (C=O) groups is 4. The van der Waals surface area contributed by atoms with E-state index in [0.717, 1.165) is 5.56 Å². The van der Waals surface area contributed by atoms with Crippen molar-refractivity contribution in [2.24, 2.45) is 0 Å². The number of aliphatic hydroxyl groups is 3. The summed E-state index contributed by atoms with van der Waals surface area (Å²) in [7, 11) is 0. The molecule has 4 atom stereocenters. The molecule has 0 saturated carbocycles. The van der Waals surface area contributed by atoms with Gasteiger partial charge in [0.15, 0.2) is 0 Å². The van der Waals surface area contributed by atoms with Crippen LogP contribution in [0.1, 0.15) is 25.3 Å². The number of aryl methyl sites for hydroxylation is 1. The molecule has 0 aromatic heterocycles. The number of carboxylic acid groups (broad SMARTS) is 4. The molecule has 1 aromatic carbocycles. The fourth-order valence-electron chi connectivity index (χ4n) is 6.07. The number of rotatable bonds is 23. The molecule has 0 aliphatic carbocycles. The van der Waals surface area contributed by atoms with Gasteiger partial charge >= 0.3 is 23.9 Å². The van der Waals surface area contributed by atoms with Crippen molar-refractivity contribution in [3.05, 3.63) is 29.8 Å². The predicted octanol–water partition coefficient (Wildman–Crippen LogP) is -1.55. The highest BCUT2D eigenvalue weighted by atomic mass is 16.5. The number of nitrogens with zero attached hydrogens (tertiary/aromatic N) is 4. The van der Waals surface area contributed by atoms with E-state index >= 15 is 0 Å². The number of hydrogen-bond acceptors (Lipinski definition) is 14. The molecule has 1 fully saturated rings. The molecule has 18 heteroatoms. The van der Waals surface area contributed by atoms with Gasteiger partial charge in [0.25, 0.3) is 0 Å². The maximum absolute atomic E-state index is 12.7. The van der Waals surface area contributed by atoms with Gasteiger partial charge in [0, 0.05) is 59.0 Å². The van der Waals surface area contributed by atoms with Gasteiger partial charge in [-0.1, -0.05) is 12.1 Å². The summed E-state index contributed by atoms with van der Waals surface area (Å²) >= 11 is 0. The van der Waals surface area contributed by atoms with E-state index in [2.05, 4.69) is 0 Å². The topological polar surface area (TPSA) is 251 Å². The molecule has 1 aliphatic rings. The van der Waals surface area contributed by atoms with E-state index in [1.165, 1.54) is 14.7 Å². The molecule has 0 radical (unpaired) electrons. The third kappa shape index (κ3) is 15.3. The summed E-state index contributed by atoms with van der Waals surface area (Å²) in [5, 5.41) is 69.5. The van der Waals surface area contributed by atoms with Gasteiger partial charge < -0.3 is 50.0 Å². The molecule has 0 spiro atoms. The first kappa shape index (κ1) is 44.7. The number of ether oxygens (including phenoxy) is 3. The van der Waals surface area contributed by atoms with Crippen LogP contribution >= 0.6 is 0 Å². The Morgan fingerprint density at radius 1 is 0.577 bits per heavy atom. The van der Waals surface area contributed by atoms with Crippen LogP contribution in [0, 0.1) is 0 Å². The maximum Gasteiger partial charge on any atom is 0.323 e. The molecule has 1 aliphatic heterocycles. The van der Waals surface area contributed by atoms with Gasteiger partial charge in [-0.25, -0.2) is 0 Å². The summed E-state index contributed by atoms with van der Waals surface area (Å²) in [6, 6.07) is 2.29. The number of aliphatic carboxylic acids is 4. The van der Waals surface area contributed by atoms with Gasteiger partial charge in [0.05, 0.1) is 39.6 Å². The lowest BCUT2D eigenvalue weighted by Gasteiger charge is -2.39. The van der Waals surface area contributed by atoms with E-state index in [1.54, 1.807) is 4.90 Å². The average molecular weight is 745 g/mol. The van der Waals surface area contributed by atoms with Crippen molar-refractivity contribution in [3.63, 3.8) is 0 Å². The normalized spacial score (nSPS) is 18.4. The second-order valence-electron chi connectivity index (χ2n) is 12.3. The number of hydrogen-bond donors (Lipinski definition) is 7. The van der Waals surface area contributed by atoms with Crippen LogP contribution in [0.5, 0.6) is 5.75 Å². The second-order valence-corrected chi connectivity index (χ2v) is 12.3. The van der Waals surface area contributed by atoms with Gasteiger partial charge in [-0.05, 0) is 43.9 Å². The Labute approximate surface area is 303 Å². The Hall–Kier alpha value is -3.46. The molecule has 1 saturated heterocycles. The summed E-state index contributed by atoms with van der Waals surface area (Å²) in [4.78, 5) is 54.6. The Balaban J connectivity index is 2.22. The van der Waals surface area contributed by atoms with Crippen LogP contribution in [0.25, 0.3) is 0 Å². The van der Waals surface area contributed by atoms with E-state index in [0.29, 0.717) is 51.6 Å². The van der Waals surface area contributed by atoms with Crippen LogP contribution in [0.4, 0.5) is 0 Å². The Bertz CT molecular complexity index is 1170. The van der Waals surface area contributed by atoms with E-state index in [4.69, 9.17) is 14.2 Å². The molecule has 7 N–H and O–H groups in total. The second kappa shape index (κ2) is 24.7. The highest BCUT2D eigenvalue weighted by molar-refractivity contribution is 5.75. The lowest BCUT2D eigenvalue weighted by Crippen LogP contribution is -2.57. The van der Waals surface area contributed by atoms with E-state index in [9.17, 15) is 54.9 Å². The van der Waals surface area contributed by atoms with Crippen LogP contribution in [-0.2, 0) is 35.1 Å². The van der Waals surface area contributed by atoms with Gasteiger partial charge in [-0.15, -0.1) is 0 Å². The van der Waals surface area contributed by atoms with Crippen molar-refractivity contribution in [2.75, 3.05) is 105 Å². The molecule has 3 unspecified atom stereocenters. The van der Waals surface area contributed by atoms with Gasteiger partial charge in [0.1, 0.15) is 36.5 Å². The van der Waals surface area contributed by atoms with Crippen LogP contribution in [0.2, 0.25) is 0 Å². The van der Waals surface area contributed by atoms with Crippen molar-refractivity contribution >= 4 is 23.9 Å². The zero-order valence-electron chi connectivity index (χ0n) is 29.8. The lowest BCUT2D eigenvalue weighted by molar-refractivity contribution is -0.149. The fourth-order valence-corrected chi connectivity index (χ4v) is 6.07. The SMILES string of the molecule is CCOCCOCCOc1ccc(CCC[C@H](C(=O)O)N2CCN(C(CO)C(=O)O)CCN(C(CO)C(=O)O)CCN(C(CO)C(=O)O)CC2)cc1.